The van der Waals surface area contributed by atoms with Gasteiger partial charge in [-0.05, 0) is 31.5 Å². The zero-order chi connectivity index (χ0) is 22.8. The topological polar surface area (TPSA) is 151 Å². The summed E-state index contributed by atoms with van der Waals surface area (Å²) in [5, 5.41) is 14.6. The van der Waals surface area contributed by atoms with Crippen LogP contribution in [0.5, 0.6) is 5.75 Å². The predicted octanol–water partition coefficient (Wildman–Crippen LogP) is -0.0550. The van der Waals surface area contributed by atoms with Gasteiger partial charge in [0.05, 0.1) is 17.2 Å². The number of phenols is 1. The Morgan fingerprint density at radius 3 is 2.61 bits per heavy atom. The number of amides is 3. The molecule has 1 saturated carbocycles. The van der Waals surface area contributed by atoms with Gasteiger partial charge in [0, 0.05) is 24.3 Å². The number of nitrogens with two attached hydrogens (primary N) is 1. The molecule has 10 heteroatoms. The molecule has 1 aliphatic carbocycles. The lowest BCUT2D eigenvalue weighted by Crippen LogP contribution is -2.52. The number of aromatic hydroxyl groups is 1. The van der Waals surface area contributed by atoms with Gasteiger partial charge in [0.2, 0.25) is 17.7 Å². The second-order valence-electron chi connectivity index (χ2n) is 8.22. The van der Waals surface area contributed by atoms with Gasteiger partial charge in [0.1, 0.15) is 23.6 Å². The number of nitrogens with one attached hydrogen (secondary N) is 2. The predicted molar refractivity (Wildman–Crippen MR) is 117 cm³/mol. The SMILES string of the molecule is CC1(C)C(=O)CC2SC[C@@H](C(=O)N[C@@H](Cc3ccc(O)cc3)C(=O)NCC(N)=O)N=C21. The molecule has 0 aromatic heterocycles. The van der Waals surface area contributed by atoms with Crippen LogP contribution < -0.4 is 16.4 Å². The summed E-state index contributed by atoms with van der Waals surface area (Å²) in [4.78, 5) is 53.4. The molecule has 31 heavy (non-hydrogen) atoms. The Bertz CT molecular complexity index is 928. The molecule has 0 spiro atoms. The van der Waals surface area contributed by atoms with Crippen LogP contribution in [0, 0.1) is 5.41 Å². The highest BCUT2D eigenvalue weighted by Gasteiger charge is 2.48. The molecule has 1 aliphatic heterocycles. The molecule has 3 atom stereocenters. The summed E-state index contributed by atoms with van der Waals surface area (Å²) in [5.41, 5.74) is 5.84. The molecule has 1 heterocycles. The number of benzene rings is 1. The highest BCUT2D eigenvalue weighted by Crippen LogP contribution is 2.41. The molecule has 3 rings (SSSR count). The number of carbonyl (C=O) groups is 4. The normalized spacial score (nSPS) is 22.8. The Morgan fingerprint density at radius 2 is 1.97 bits per heavy atom. The molecule has 1 fully saturated rings. The van der Waals surface area contributed by atoms with E-state index in [-0.39, 0.29) is 29.7 Å². The lowest BCUT2D eigenvalue weighted by Gasteiger charge is -2.28. The zero-order valence-electron chi connectivity index (χ0n) is 17.4. The van der Waals surface area contributed by atoms with E-state index < -0.39 is 35.2 Å². The zero-order valence-corrected chi connectivity index (χ0v) is 18.2. The van der Waals surface area contributed by atoms with Crippen LogP contribution in [0.4, 0.5) is 0 Å². The fourth-order valence-electron chi connectivity index (χ4n) is 3.64. The molecule has 9 nitrogen and oxygen atoms in total. The van der Waals surface area contributed by atoms with Crippen LogP contribution in [0.1, 0.15) is 25.8 Å². The van der Waals surface area contributed by atoms with Crippen LogP contribution in [-0.2, 0) is 25.6 Å². The molecular formula is C21H26N4O5S. The molecule has 2 aliphatic rings. The van der Waals surface area contributed by atoms with Crippen LogP contribution in [0.25, 0.3) is 0 Å². The third-order valence-electron chi connectivity index (χ3n) is 5.51. The Balaban J connectivity index is 1.75. The minimum atomic E-state index is -0.961. The fraction of sp³-hybridized carbons (Fsp3) is 0.476. The Labute approximate surface area is 184 Å². The quantitative estimate of drug-likeness (QED) is 0.461. The van der Waals surface area contributed by atoms with Crippen molar-refractivity contribution in [3.05, 3.63) is 29.8 Å². The highest BCUT2D eigenvalue weighted by molar-refractivity contribution is 8.00. The van der Waals surface area contributed by atoms with Gasteiger partial charge in [-0.3, -0.25) is 24.2 Å². The standard InChI is InChI=1S/C21H26N4O5S/c1-21(2)16(27)8-15-18(21)24-14(10-31-15)20(30)25-13(19(29)23-9-17(22)28)7-11-3-5-12(26)6-4-11/h3-6,13-15,26H,7-10H2,1-2H3,(H2,22,28)(H,23,29)(H,25,30)/t13-,14-,15?/m0/s1. The largest absolute Gasteiger partial charge is 0.508 e. The number of hydrogen-bond acceptors (Lipinski definition) is 7. The average molecular weight is 447 g/mol. The maximum absolute atomic E-state index is 12.9. The highest BCUT2D eigenvalue weighted by atomic mass is 32.2. The van der Waals surface area contributed by atoms with Gasteiger partial charge in [-0.15, -0.1) is 11.8 Å². The Morgan fingerprint density at radius 1 is 1.29 bits per heavy atom. The van der Waals surface area contributed by atoms with E-state index in [1.807, 2.05) is 13.8 Å². The van der Waals surface area contributed by atoms with E-state index in [1.165, 1.54) is 23.9 Å². The van der Waals surface area contributed by atoms with Gasteiger partial charge < -0.3 is 21.5 Å². The third-order valence-corrected chi connectivity index (χ3v) is 6.81. The number of rotatable bonds is 7. The molecule has 1 unspecified atom stereocenters. The maximum atomic E-state index is 12.9. The monoisotopic (exact) mass is 446 g/mol. The second-order valence-corrected chi connectivity index (χ2v) is 9.46. The number of primary amides is 1. The number of Topliss-reactive ketones (excluding diaryl/α,β-unsaturated/α-hetero) is 1. The number of phenolic OH excluding ortho intramolecular Hbond substituents is 1. The third kappa shape index (κ3) is 5.25. The van der Waals surface area contributed by atoms with Crippen molar-refractivity contribution in [1.29, 1.82) is 0 Å². The summed E-state index contributed by atoms with van der Waals surface area (Å²) in [7, 11) is 0. The number of hydrogen-bond donors (Lipinski definition) is 4. The van der Waals surface area contributed by atoms with Crippen molar-refractivity contribution in [3.63, 3.8) is 0 Å². The first-order chi connectivity index (χ1) is 14.6. The van der Waals surface area contributed by atoms with Crippen LogP contribution >= 0.6 is 11.8 Å². The van der Waals surface area contributed by atoms with Gasteiger partial charge in [-0.1, -0.05) is 12.1 Å². The first-order valence-electron chi connectivity index (χ1n) is 9.95. The number of fused-ring (bicyclic) bond motifs is 1. The van der Waals surface area contributed by atoms with Crippen LogP contribution in [0.3, 0.4) is 0 Å². The van der Waals surface area contributed by atoms with E-state index in [2.05, 4.69) is 15.6 Å². The number of thioether (sulfide) groups is 1. The van der Waals surface area contributed by atoms with Crippen molar-refractivity contribution in [3.8, 4) is 5.75 Å². The summed E-state index contributed by atoms with van der Waals surface area (Å²) >= 11 is 1.53. The number of carbonyl (C=O) groups excluding carboxylic acids is 4. The molecular weight excluding hydrogens is 420 g/mol. The smallest absolute Gasteiger partial charge is 0.246 e. The minimum absolute atomic E-state index is 0.00166. The summed E-state index contributed by atoms with van der Waals surface area (Å²) in [6, 6.07) is 4.58. The van der Waals surface area contributed by atoms with Crippen molar-refractivity contribution in [2.75, 3.05) is 12.3 Å². The molecule has 5 N–H and O–H groups in total. The molecule has 0 saturated heterocycles. The number of aliphatic imine (C=N–C) groups is 1. The number of ketones is 1. The van der Waals surface area contributed by atoms with Gasteiger partial charge in [-0.25, -0.2) is 0 Å². The lowest BCUT2D eigenvalue weighted by atomic mass is 9.88. The Hall–Kier alpha value is -2.88. The summed E-state index contributed by atoms with van der Waals surface area (Å²) in [6.07, 6.45) is 0.573. The van der Waals surface area contributed by atoms with E-state index in [4.69, 9.17) is 5.73 Å². The van der Waals surface area contributed by atoms with Crippen LogP contribution in [-0.4, -0.2) is 64.0 Å². The van der Waals surface area contributed by atoms with Gasteiger partial charge in [0.25, 0.3) is 0 Å². The molecule has 0 radical (unpaired) electrons. The van der Waals surface area contributed by atoms with E-state index in [9.17, 15) is 24.3 Å². The second kappa shape index (κ2) is 9.09. The van der Waals surface area contributed by atoms with E-state index >= 15 is 0 Å². The van der Waals surface area contributed by atoms with Crippen molar-refractivity contribution in [1.82, 2.24) is 10.6 Å². The van der Waals surface area contributed by atoms with E-state index in [0.717, 1.165) is 5.71 Å². The van der Waals surface area contributed by atoms with Crippen molar-refractivity contribution < 1.29 is 24.3 Å². The summed E-state index contributed by atoms with van der Waals surface area (Å²) in [6.45, 7) is 3.29. The number of nitrogens with zero attached hydrogens (tertiary/aromatic N) is 1. The molecule has 166 valence electrons. The fourth-order valence-corrected chi connectivity index (χ4v) is 5.06. The van der Waals surface area contributed by atoms with Crippen molar-refractivity contribution in [2.24, 2.45) is 16.1 Å². The summed E-state index contributed by atoms with van der Waals surface area (Å²) in [5.74, 6) is -1.06. The van der Waals surface area contributed by atoms with Gasteiger partial charge in [-0.2, -0.15) is 0 Å². The Kier molecular flexibility index (Phi) is 6.68. The first kappa shape index (κ1) is 22.8. The van der Waals surface area contributed by atoms with Crippen LogP contribution in [0.2, 0.25) is 0 Å². The van der Waals surface area contributed by atoms with Crippen LogP contribution in [0.15, 0.2) is 29.3 Å². The molecule has 3 amide bonds. The van der Waals surface area contributed by atoms with Crippen molar-refractivity contribution in [2.45, 2.75) is 44.0 Å². The van der Waals surface area contributed by atoms with E-state index in [0.29, 0.717) is 17.7 Å². The average Bonchev–Trinajstić information content (AvgIpc) is 2.95. The molecule has 1 aromatic carbocycles. The minimum Gasteiger partial charge on any atom is -0.508 e. The van der Waals surface area contributed by atoms with E-state index in [1.54, 1.807) is 12.1 Å². The maximum Gasteiger partial charge on any atom is 0.246 e. The molecule has 1 aromatic rings. The summed E-state index contributed by atoms with van der Waals surface area (Å²) < 4.78 is 0. The molecule has 0 bridgehead atoms. The van der Waals surface area contributed by atoms with Crippen molar-refractivity contribution >= 4 is 41.0 Å². The van der Waals surface area contributed by atoms with Gasteiger partial charge >= 0.3 is 0 Å². The van der Waals surface area contributed by atoms with Gasteiger partial charge in [0.15, 0.2) is 0 Å². The lowest BCUT2D eigenvalue weighted by molar-refractivity contribution is -0.130. The first-order valence-corrected chi connectivity index (χ1v) is 11.0.